The normalized spacial score (nSPS) is 15.6. The molecule has 0 spiro atoms. The monoisotopic (exact) mass is 238 g/mol. The minimum absolute atomic E-state index is 0.290. The highest BCUT2D eigenvalue weighted by Gasteiger charge is 2.09. The van der Waals surface area contributed by atoms with Crippen molar-refractivity contribution in [1.82, 2.24) is 0 Å². The van der Waals surface area contributed by atoms with Crippen molar-refractivity contribution in [2.75, 3.05) is 19.8 Å². The van der Waals surface area contributed by atoms with Crippen molar-refractivity contribution in [2.45, 2.75) is 19.4 Å². The fourth-order valence-corrected chi connectivity index (χ4v) is 0.689. The predicted molar refractivity (Wildman–Crippen MR) is 49.1 cm³/mol. The predicted octanol–water partition coefficient (Wildman–Crippen LogP) is 1.10. The molecule has 0 saturated carbocycles. The van der Waals surface area contributed by atoms with E-state index >= 15 is 0 Å². The second-order valence-electron chi connectivity index (χ2n) is 2.77. The molecule has 1 fully saturated rings. The van der Waals surface area contributed by atoms with Crippen molar-refractivity contribution in [3.8, 4) is 0 Å². The summed E-state index contributed by atoms with van der Waals surface area (Å²) in [6, 6.07) is 0. The Morgan fingerprint density at radius 3 is 2.12 bits per heavy atom. The van der Waals surface area contributed by atoms with E-state index in [9.17, 15) is 9.59 Å². The number of hydrogen-bond acceptors (Lipinski definition) is 6. The minimum Gasteiger partial charge on any atom is -0.450 e. The molecule has 0 radical (unpaired) electrons. The van der Waals surface area contributed by atoms with Gasteiger partial charge in [0.1, 0.15) is 12.7 Å². The molecule has 0 aromatic heterocycles. The standard InChI is InChI=1S/C5H8O6.C3H6O2/c1-3(11-5(8)9)2-10-4(6)7;1-2-4-5-3-1/h3H,2H2,1H3,(H,6,7)(H,8,9);1-3H2. The van der Waals surface area contributed by atoms with Crippen LogP contribution in [0.15, 0.2) is 0 Å². The molecule has 8 nitrogen and oxygen atoms in total. The zero-order valence-electron chi connectivity index (χ0n) is 8.75. The number of rotatable bonds is 3. The summed E-state index contributed by atoms with van der Waals surface area (Å²) >= 11 is 0. The number of hydrogen-bond donors (Lipinski definition) is 2. The number of ether oxygens (including phenoxy) is 2. The summed E-state index contributed by atoms with van der Waals surface area (Å²) in [5.74, 6) is 0. The molecule has 0 aliphatic carbocycles. The van der Waals surface area contributed by atoms with Gasteiger partial charge in [-0.25, -0.2) is 19.4 Å². The van der Waals surface area contributed by atoms with Gasteiger partial charge < -0.3 is 19.7 Å². The summed E-state index contributed by atoms with van der Waals surface area (Å²) in [6.45, 7) is 2.65. The molecule has 1 saturated heterocycles. The van der Waals surface area contributed by atoms with Gasteiger partial charge in [0, 0.05) is 6.42 Å². The highest BCUT2D eigenvalue weighted by atomic mass is 17.2. The van der Waals surface area contributed by atoms with Crippen molar-refractivity contribution >= 4 is 12.3 Å². The van der Waals surface area contributed by atoms with E-state index in [1.165, 1.54) is 6.92 Å². The van der Waals surface area contributed by atoms with Crippen LogP contribution in [0.2, 0.25) is 0 Å². The molecule has 94 valence electrons. The first kappa shape index (κ1) is 14.5. The second-order valence-corrected chi connectivity index (χ2v) is 2.77. The Balaban J connectivity index is 0.000000368. The Hall–Kier alpha value is -1.54. The lowest BCUT2D eigenvalue weighted by Crippen LogP contribution is -2.20. The largest absolute Gasteiger partial charge is 0.506 e. The Morgan fingerprint density at radius 2 is 1.81 bits per heavy atom. The van der Waals surface area contributed by atoms with Gasteiger partial charge in [0.25, 0.3) is 0 Å². The summed E-state index contributed by atoms with van der Waals surface area (Å²) in [4.78, 5) is 28.5. The summed E-state index contributed by atoms with van der Waals surface area (Å²) in [5, 5.41) is 16.0. The van der Waals surface area contributed by atoms with Gasteiger partial charge in [0.15, 0.2) is 0 Å². The van der Waals surface area contributed by atoms with Crippen LogP contribution in [0.5, 0.6) is 0 Å². The summed E-state index contributed by atoms with van der Waals surface area (Å²) in [6.07, 6.45) is -2.62. The Morgan fingerprint density at radius 1 is 1.25 bits per heavy atom. The molecule has 1 atom stereocenters. The van der Waals surface area contributed by atoms with Crippen molar-refractivity contribution in [3.63, 3.8) is 0 Å². The van der Waals surface area contributed by atoms with E-state index in [0.717, 1.165) is 19.6 Å². The lowest BCUT2D eigenvalue weighted by atomic mass is 10.4. The van der Waals surface area contributed by atoms with Gasteiger partial charge in [-0.3, -0.25) is 0 Å². The van der Waals surface area contributed by atoms with Crippen LogP contribution in [0.25, 0.3) is 0 Å². The summed E-state index contributed by atoms with van der Waals surface area (Å²) < 4.78 is 8.16. The van der Waals surface area contributed by atoms with E-state index < -0.39 is 18.4 Å². The molecule has 16 heavy (non-hydrogen) atoms. The van der Waals surface area contributed by atoms with Crippen molar-refractivity contribution < 1.29 is 39.1 Å². The van der Waals surface area contributed by atoms with Gasteiger partial charge in [-0.05, 0) is 6.92 Å². The van der Waals surface area contributed by atoms with Gasteiger partial charge in [-0.1, -0.05) is 0 Å². The first-order valence-electron chi connectivity index (χ1n) is 4.52. The first-order chi connectivity index (χ1) is 7.52. The van der Waals surface area contributed by atoms with E-state index in [0.29, 0.717) is 0 Å². The lowest BCUT2D eigenvalue weighted by molar-refractivity contribution is -0.248. The van der Waals surface area contributed by atoms with Crippen molar-refractivity contribution in [3.05, 3.63) is 0 Å². The molecule has 1 aliphatic rings. The maximum absolute atomic E-state index is 9.83. The van der Waals surface area contributed by atoms with E-state index in [-0.39, 0.29) is 6.61 Å². The van der Waals surface area contributed by atoms with Crippen LogP contribution in [-0.4, -0.2) is 48.4 Å². The van der Waals surface area contributed by atoms with Crippen molar-refractivity contribution in [1.29, 1.82) is 0 Å². The number of carboxylic acid groups (broad SMARTS) is 2. The average molecular weight is 238 g/mol. The molecule has 1 aliphatic heterocycles. The summed E-state index contributed by atoms with van der Waals surface area (Å²) in [5.41, 5.74) is 0. The highest BCUT2D eigenvalue weighted by molar-refractivity contribution is 5.58. The second kappa shape index (κ2) is 8.74. The Labute approximate surface area is 91.6 Å². The third-order valence-electron chi connectivity index (χ3n) is 1.28. The van der Waals surface area contributed by atoms with E-state index in [4.69, 9.17) is 10.2 Å². The quantitative estimate of drug-likeness (QED) is 0.555. The Kier molecular flexibility index (Phi) is 7.90. The zero-order valence-corrected chi connectivity index (χ0v) is 8.75. The van der Waals surface area contributed by atoms with Crippen LogP contribution in [-0.2, 0) is 19.2 Å². The van der Waals surface area contributed by atoms with Crippen LogP contribution in [0.1, 0.15) is 13.3 Å². The molecule has 1 rings (SSSR count). The zero-order chi connectivity index (χ0) is 12.4. The van der Waals surface area contributed by atoms with Crippen LogP contribution >= 0.6 is 0 Å². The van der Waals surface area contributed by atoms with Crippen LogP contribution in [0.3, 0.4) is 0 Å². The third-order valence-corrected chi connectivity index (χ3v) is 1.28. The molecule has 0 amide bonds. The molecule has 0 bridgehead atoms. The van der Waals surface area contributed by atoms with E-state index in [1.54, 1.807) is 0 Å². The smallest absolute Gasteiger partial charge is 0.450 e. The van der Waals surface area contributed by atoms with Gasteiger partial charge in [-0.2, -0.15) is 0 Å². The first-order valence-corrected chi connectivity index (χ1v) is 4.52. The molecular formula is C8H14O8. The van der Waals surface area contributed by atoms with Gasteiger partial charge >= 0.3 is 12.3 Å². The maximum Gasteiger partial charge on any atom is 0.506 e. The van der Waals surface area contributed by atoms with Crippen molar-refractivity contribution in [2.24, 2.45) is 0 Å². The van der Waals surface area contributed by atoms with E-state index in [1.807, 2.05) is 0 Å². The molecule has 8 heteroatoms. The molecule has 1 unspecified atom stereocenters. The molecule has 1 heterocycles. The maximum atomic E-state index is 9.83. The highest BCUT2D eigenvalue weighted by Crippen LogP contribution is 1.93. The van der Waals surface area contributed by atoms with Crippen LogP contribution < -0.4 is 0 Å². The van der Waals surface area contributed by atoms with Crippen LogP contribution in [0.4, 0.5) is 9.59 Å². The molecular weight excluding hydrogens is 224 g/mol. The fourth-order valence-electron chi connectivity index (χ4n) is 0.689. The van der Waals surface area contributed by atoms with E-state index in [2.05, 4.69) is 19.2 Å². The molecule has 0 aromatic rings. The topological polar surface area (TPSA) is 112 Å². The average Bonchev–Trinajstić information content (AvgIpc) is 2.71. The third kappa shape index (κ3) is 10.5. The molecule has 0 aromatic carbocycles. The van der Waals surface area contributed by atoms with Gasteiger partial charge in [0.05, 0.1) is 13.2 Å². The van der Waals surface area contributed by atoms with Gasteiger partial charge in [0.2, 0.25) is 0 Å². The van der Waals surface area contributed by atoms with Gasteiger partial charge in [-0.15, -0.1) is 0 Å². The molecule has 2 N–H and O–H groups in total. The minimum atomic E-state index is -1.45. The lowest BCUT2D eigenvalue weighted by Gasteiger charge is -2.08. The SMILES string of the molecule is C1COOC1.CC(COC(=O)O)OC(=O)O. The summed E-state index contributed by atoms with van der Waals surface area (Å²) in [7, 11) is 0. The fraction of sp³-hybridized carbons (Fsp3) is 0.750. The number of carbonyl (C=O) groups is 2. The van der Waals surface area contributed by atoms with Crippen LogP contribution in [0, 0.1) is 0 Å². The Bertz CT molecular complexity index is 204.